The fourth-order valence-corrected chi connectivity index (χ4v) is 1.62. The lowest BCUT2D eigenvalue weighted by Gasteiger charge is -2.10. The Kier molecular flexibility index (Phi) is 10.2. The number of nitrogens with two attached hydrogens (primary N) is 1. The number of hydrogen-bond donors (Lipinski definition) is 3. The Morgan fingerprint density at radius 2 is 1.88 bits per heavy atom. The number of hydrogen-bond acceptors (Lipinski definition) is 3. The Bertz CT molecular complexity index is 563. The number of nitrogens with zero attached hydrogens (tertiary/aromatic N) is 1. The van der Waals surface area contributed by atoms with Crippen LogP contribution in [0, 0.1) is 5.92 Å². The molecule has 0 fully saturated rings. The van der Waals surface area contributed by atoms with Gasteiger partial charge in [-0.1, -0.05) is 13.8 Å². The zero-order valence-electron chi connectivity index (χ0n) is 13.9. The molecule has 0 atom stereocenters. The molecule has 0 aliphatic carbocycles. The minimum Gasteiger partial charge on any atom is -0.406 e. The molecule has 0 radical (unpaired) electrons. The van der Waals surface area contributed by atoms with Crippen molar-refractivity contribution in [2.45, 2.75) is 26.6 Å². The molecule has 10 heteroatoms. The lowest BCUT2D eigenvalue weighted by atomic mass is 10.2. The number of alkyl halides is 3. The third kappa shape index (κ3) is 10.7. The predicted octanol–water partition coefficient (Wildman–Crippen LogP) is 3.09. The second kappa shape index (κ2) is 11.0. The van der Waals surface area contributed by atoms with Crippen LogP contribution in [0.25, 0.3) is 0 Å². The second-order valence-electron chi connectivity index (χ2n) is 5.26. The smallest absolute Gasteiger partial charge is 0.406 e. The average Bonchev–Trinajstić information content (AvgIpc) is 2.47. The number of carbonyl (C=O) groups is 1. The van der Waals surface area contributed by atoms with Crippen LogP contribution >= 0.6 is 24.0 Å². The first-order valence-electron chi connectivity index (χ1n) is 7.38. The first kappa shape index (κ1) is 23.3. The van der Waals surface area contributed by atoms with Crippen LogP contribution < -0.4 is 21.1 Å². The second-order valence-corrected chi connectivity index (χ2v) is 5.26. The Morgan fingerprint density at radius 1 is 1.28 bits per heavy atom. The molecule has 0 saturated carbocycles. The van der Waals surface area contributed by atoms with E-state index in [1.165, 1.54) is 24.3 Å². The lowest BCUT2D eigenvalue weighted by Crippen LogP contribution is -2.29. The molecular formula is C15H22F3IN4O2. The van der Waals surface area contributed by atoms with Gasteiger partial charge in [0.05, 0.1) is 0 Å². The summed E-state index contributed by atoms with van der Waals surface area (Å²) in [6.07, 6.45) is -4.10. The zero-order valence-corrected chi connectivity index (χ0v) is 16.2. The molecule has 1 aromatic carbocycles. The first-order chi connectivity index (χ1) is 11.2. The van der Waals surface area contributed by atoms with Crippen LogP contribution in [0.2, 0.25) is 0 Å². The van der Waals surface area contributed by atoms with Gasteiger partial charge < -0.3 is 21.1 Å². The number of rotatable bonds is 7. The highest BCUT2D eigenvalue weighted by molar-refractivity contribution is 14.0. The molecule has 0 saturated heterocycles. The number of benzene rings is 1. The van der Waals surface area contributed by atoms with Crippen LogP contribution in [0.15, 0.2) is 29.3 Å². The molecule has 0 aliphatic heterocycles. The molecule has 0 heterocycles. The van der Waals surface area contributed by atoms with E-state index >= 15 is 0 Å². The fraction of sp³-hybridized carbons (Fsp3) is 0.467. The molecule has 0 aromatic heterocycles. The summed E-state index contributed by atoms with van der Waals surface area (Å²) in [5, 5.41) is 5.51. The molecule has 1 rings (SSSR count). The quantitative estimate of drug-likeness (QED) is 0.245. The average molecular weight is 474 g/mol. The molecule has 1 aromatic rings. The van der Waals surface area contributed by atoms with Gasteiger partial charge in [-0.3, -0.25) is 9.79 Å². The normalized spacial score (nSPS) is 11.7. The summed E-state index contributed by atoms with van der Waals surface area (Å²) in [7, 11) is 0. The van der Waals surface area contributed by atoms with Gasteiger partial charge >= 0.3 is 6.36 Å². The van der Waals surface area contributed by atoms with Crippen molar-refractivity contribution in [2.75, 3.05) is 18.4 Å². The van der Waals surface area contributed by atoms with Crippen LogP contribution in [-0.2, 0) is 4.79 Å². The summed E-state index contributed by atoms with van der Waals surface area (Å²) in [5.41, 5.74) is 6.16. The minimum atomic E-state index is -4.72. The van der Waals surface area contributed by atoms with Crippen molar-refractivity contribution in [3.63, 3.8) is 0 Å². The van der Waals surface area contributed by atoms with E-state index in [1.54, 1.807) is 13.8 Å². The van der Waals surface area contributed by atoms with E-state index in [2.05, 4.69) is 20.4 Å². The highest BCUT2D eigenvalue weighted by atomic mass is 127. The van der Waals surface area contributed by atoms with Gasteiger partial charge in [0.25, 0.3) is 0 Å². The molecule has 6 nitrogen and oxygen atoms in total. The summed E-state index contributed by atoms with van der Waals surface area (Å²) in [5.74, 6) is -0.269. The maximum atomic E-state index is 12.0. The van der Waals surface area contributed by atoms with E-state index < -0.39 is 6.36 Å². The number of amides is 1. The van der Waals surface area contributed by atoms with Crippen molar-refractivity contribution in [1.29, 1.82) is 0 Å². The predicted molar refractivity (Wildman–Crippen MR) is 101 cm³/mol. The van der Waals surface area contributed by atoms with E-state index in [-0.39, 0.29) is 47.5 Å². The summed E-state index contributed by atoms with van der Waals surface area (Å²) in [6.45, 7) is 4.52. The molecule has 0 spiro atoms. The largest absolute Gasteiger partial charge is 0.573 e. The number of halogens is 4. The summed E-state index contributed by atoms with van der Waals surface area (Å²) in [4.78, 5) is 15.4. The van der Waals surface area contributed by atoms with Gasteiger partial charge in [-0.25, -0.2) is 0 Å². The Labute approximate surface area is 161 Å². The van der Waals surface area contributed by atoms with E-state index in [1.807, 2.05) is 0 Å². The van der Waals surface area contributed by atoms with Crippen LogP contribution in [0.4, 0.5) is 18.9 Å². The summed E-state index contributed by atoms with van der Waals surface area (Å²) in [6, 6.07) is 5.13. The number of anilines is 1. The van der Waals surface area contributed by atoms with Gasteiger partial charge in [-0.15, -0.1) is 37.1 Å². The number of nitrogens with one attached hydrogen (secondary N) is 2. The molecule has 0 bridgehead atoms. The zero-order chi connectivity index (χ0) is 18.2. The van der Waals surface area contributed by atoms with Crippen LogP contribution in [0.1, 0.15) is 20.3 Å². The van der Waals surface area contributed by atoms with Crippen molar-refractivity contribution in [3.05, 3.63) is 24.3 Å². The molecule has 25 heavy (non-hydrogen) atoms. The molecule has 142 valence electrons. The van der Waals surface area contributed by atoms with Gasteiger partial charge in [0.2, 0.25) is 5.91 Å². The minimum absolute atomic E-state index is 0. The molecular weight excluding hydrogens is 452 g/mol. The van der Waals surface area contributed by atoms with Crippen molar-refractivity contribution in [2.24, 2.45) is 16.6 Å². The number of carbonyl (C=O) groups excluding carboxylic acids is 1. The Morgan fingerprint density at radius 3 is 2.40 bits per heavy atom. The third-order valence-corrected chi connectivity index (χ3v) is 2.80. The van der Waals surface area contributed by atoms with Crippen molar-refractivity contribution >= 4 is 41.5 Å². The monoisotopic (exact) mass is 474 g/mol. The molecule has 0 aliphatic rings. The molecule has 1 amide bonds. The number of guanidine groups is 1. The van der Waals surface area contributed by atoms with Gasteiger partial charge in [0, 0.05) is 24.7 Å². The standard InChI is InChI=1S/C15H21F3N4O2.HI/c1-10(2)13(23)20-8-3-9-21-14(19)22-11-4-6-12(7-5-11)24-15(16,17)18;/h4-7,10H,3,8-9H2,1-2H3,(H,20,23)(H3,19,21,22);1H. The first-order valence-corrected chi connectivity index (χ1v) is 7.38. The number of aliphatic imine (C=N–C) groups is 1. The van der Waals surface area contributed by atoms with Gasteiger partial charge in [0.15, 0.2) is 5.96 Å². The van der Waals surface area contributed by atoms with Gasteiger partial charge in [0.1, 0.15) is 5.75 Å². The van der Waals surface area contributed by atoms with Crippen LogP contribution in [0.3, 0.4) is 0 Å². The Balaban J connectivity index is 0.00000576. The fourth-order valence-electron chi connectivity index (χ4n) is 1.62. The topological polar surface area (TPSA) is 88.7 Å². The van der Waals surface area contributed by atoms with E-state index in [9.17, 15) is 18.0 Å². The van der Waals surface area contributed by atoms with Crippen molar-refractivity contribution in [3.8, 4) is 5.75 Å². The van der Waals surface area contributed by atoms with Crippen molar-refractivity contribution < 1.29 is 22.7 Å². The SMILES string of the molecule is CC(C)C(=O)NCCCN=C(N)Nc1ccc(OC(F)(F)F)cc1.I. The molecule has 0 unspecified atom stereocenters. The summed E-state index contributed by atoms with van der Waals surface area (Å²) < 4.78 is 39.9. The third-order valence-electron chi connectivity index (χ3n) is 2.80. The van der Waals surface area contributed by atoms with E-state index in [0.717, 1.165) is 0 Å². The highest BCUT2D eigenvalue weighted by Gasteiger charge is 2.30. The molecule has 4 N–H and O–H groups in total. The van der Waals surface area contributed by atoms with Crippen LogP contribution in [0.5, 0.6) is 5.75 Å². The highest BCUT2D eigenvalue weighted by Crippen LogP contribution is 2.23. The van der Waals surface area contributed by atoms with Crippen LogP contribution in [-0.4, -0.2) is 31.3 Å². The maximum Gasteiger partial charge on any atom is 0.573 e. The Hall–Kier alpha value is -1.72. The van der Waals surface area contributed by atoms with E-state index in [0.29, 0.717) is 25.2 Å². The summed E-state index contributed by atoms with van der Waals surface area (Å²) >= 11 is 0. The maximum absolute atomic E-state index is 12.0. The van der Waals surface area contributed by atoms with Crippen molar-refractivity contribution in [1.82, 2.24) is 5.32 Å². The van der Waals surface area contributed by atoms with Gasteiger partial charge in [-0.2, -0.15) is 0 Å². The van der Waals surface area contributed by atoms with E-state index in [4.69, 9.17) is 5.73 Å². The van der Waals surface area contributed by atoms with Gasteiger partial charge in [-0.05, 0) is 30.7 Å². The number of ether oxygens (including phenoxy) is 1. The lowest BCUT2D eigenvalue weighted by molar-refractivity contribution is -0.274.